The van der Waals surface area contributed by atoms with Crippen molar-refractivity contribution in [2.45, 2.75) is 44.4 Å². The molecule has 1 aromatic rings. The maximum Gasteiger partial charge on any atom is 0.121 e. The van der Waals surface area contributed by atoms with E-state index in [1.165, 1.54) is 5.56 Å². The number of halogens is 1. The van der Waals surface area contributed by atoms with Crippen molar-refractivity contribution in [2.75, 3.05) is 7.05 Å². The van der Waals surface area contributed by atoms with Crippen LogP contribution in [0.4, 0.5) is 4.39 Å². The van der Waals surface area contributed by atoms with Crippen molar-refractivity contribution in [3.63, 3.8) is 0 Å². The first kappa shape index (κ1) is 11.6. The molecule has 1 fully saturated rings. The van der Waals surface area contributed by atoms with Crippen LogP contribution in [0.5, 0.6) is 0 Å². The summed E-state index contributed by atoms with van der Waals surface area (Å²) in [5, 5.41) is 0. The summed E-state index contributed by atoms with van der Waals surface area (Å²) in [5.74, 6) is 0.311. The monoisotopic (exact) mass is 221 g/mol. The number of hydrogen-bond acceptors (Lipinski definition) is 1. The number of benzene rings is 1. The van der Waals surface area contributed by atoms with Crippen LogP contribution >= 0.6 is 0 Å². The third-order valence-corrected chi connectivity index (χ3v) is 3.83. The number of nitrogens with zero attached hydrogens (tertiary/aromatic N) is 1. The Kier molecular flexibility index (Phi) is 2.79. The predicted octanol–water partition coefficient (Wildman–Crippen LogP) is 3.22. The van der Waals surface area contributed by atoms with Crippen LogP contribution in [-0.4, -0.2) is 29.7 Å². The second-order valence-corrected chi connectivity index (χ2v) is 5.35. The lowest BCUT2D eigenvalue weighted by atomic mass is 9.70. The average Bonchev–Trinajstić information content (AvgIpc) is 2.23. The van der Waals surface area contributed by atoms with Crippen molar-refractivity contribution in [1.82, 2.24) is 4.90 Å². The summed E-state index contributed by atoms with van der Waals surface area (Å²) >= 11 is 0. The molecule has 16 heavy (non-hydrogen) atoms. The standard InChI is InChI=1S/C14H20FN/c1-10-12(11-8-6-5-7-9-11)13(16(10)4)14(2,3)15/h5-10,12-13H,1-4H3/t10-,12+,13-/m0/s1. The van der Waals surface area contributed by atoms with E-state index in [4.69, 9.17) is 0 Å². The summed E-state index contributed by atoms with van der Waals surface area (Å²) in [6.07, 6.45) is 0. The molecule has 2 heteroatoms. The number of alkyl halides is 1. The van der Waals surface area contributed by atoms with Crippen LogP contribution in [0, 0.1) is 0 Å². The molecule has 1 aliphatic rings. The highest BCUT2D eigenvalue weighted by atomic mass is 19.1. The lowest BCUT2D eigenvalue weighted by Gasteiger charge is -2.56. The first-order chi connectivity index (χ1) is 7.43. The van der Waals surface area contributed by atoms with Crippen molar-refractivity contribution in [2.24, 2.45) is 0 Å². The van der Waals surface area contributed by atoms with E-state index in [0.717, 1.165) is 0 Å². The Morgan fingerprint density at radius 2 is 1.75 bits per heavy atom. The minimum Gasteiger partial charge on any atom is -0.296 e. The molecule has 0 aromatic heterocycles. The molecule has 88 valence electrons. The third-order valence-electron chi connectivity index (χ3n) is 3.83. The number of rotatable bonds is 2. The van der Waals surface area contributed by atoms with E-state index < -0.39 is 5.67 Å². The lowest BCUT2D eigenvalue weighted by molar-refractivity contribution is -0.0643. The van der Waals surface area contributed by atoms with E-state index in [0.29, 0.717) is 12.0 Å². The molecule has 0 saturated carbocycles. The topological polar surface area (TPSA) is 3.24 Å². The Bertz CT molecular complexity index is 355. The summed E-state index contributed by atoms with van der Waals surface area (Å²) in [4.78, 5) is 2.14. The molecule has 0 bridgehead atoms. The van der Waals surface area contributed by atoms with Gasteiger partial charge >= 0.3 is 0 Å². The van der Waals surface area contributed by atoms with Gasteiger partial charge in [-0.05, 0) is 33.4 Å². The summed E-state index contributed by atoms with van der Waals surface area (Å²) in [6.45, 7) is 5.52. The summed E-state index contributed by atoms with van der Waals surface area (Å²) in [5.41, 5.74) is 0.103. The van der Waals surface area contributed by atoms with Gasteiger partial charge in [-0.2, -0.15) is 0 Å². The SMILES string of the molecule is C[C@H]1[C@H](c2ccccc2)[C@@H](C(C)(C)F)N1C. The molecule has 0 aliphatic carbocycles. The second-order valence-electron chi connectivity index (χ2n) is 5.35. The van der Waals surface area contributed by atoms with Gasteiger partial charge in [0.2, 0.25) is 0 Å². The van der Waals surface area contributed by atoms with Crippen LogP contribution in [0.3, 0.4) is 0 Å². The zero-order chi connectivity index (χ0) is 11.9. The quantitative estimate of drug-likeness (QED) is 0.741. The van der Waals surface area contributed by atoms with Gasteiger partial charge in [0.05, 0.1) is 6.04 Å². The predicted molar refractivity (Wildman–Crippen MR) is 65.4 cm³/mol. The third kappa shape index (κ3) is 1.75. The molecule has 0 spiro atoms. The van der Waals surface area contributed by atoms with E-state index in [1.54, 1.807) is 13.8 Å². The van der Waals surface area contributed by atoms with Crippen molar-refractivity contribution >= 4 is 0 Å². The molecule has 2 rings (SSSR count). The Balaban J connectivity index is 2.28. The first-order valence-corrected chi connectivity index (χ1v) is 5.88. The van der Waals surface area contributed by atoms with Crippen LogP contribution in [0.15, 0.2) is 30.3 Å². The van der Waals surface area contributed by atoms with Gasteiger partial charge in [0.1, 0.15) is 5.67 Å². The largest absolute Gasteiger partial charge is 0.296 e. The van der Waals surface area contributed by atoms with Crippen molar-refractivity contribution in [3.8, 4) is 0 Å². The molecule has 1 aromatic carbocycles. The molecule has 0 amide bonds. The maximum absolute atomic E-state index is 14.2. The highest BCUT2D eigenvalue weighted by Gasteiger charge is 2.51. The fourth-order valence-corrected chi connectivity index (χ4v) is 2.97. The van der Waals surface area contributed by atoms with Gasteiger partial charge in [0.15, 0.2) is 0 Å². The molecule has 1 nitrogen and oxygen atoms in total. The van der Waals surface area contributed by atoms with Crippen LogP contribution in [0.1, 0.15) is 32.3 Å². The average molecular weight is 221 g/mol. The molecule has 1 heterocycles. The van der Waals surface area contributed by atoms with E-state index in [1.807, 2.05) is 25.2 Å². The van der Waals surface area contributed by atoms with Crippen LogP contribution < -0.4 is 0 Å². The summed E-state index contributed by atoms with van der Waals surface area (Å²) in [7, 11) is 2.01. The number of likely N-dealkylation sites (tertiary alicyclic amines) is 1. The zero-order valence-corrected chi connectivity index (χ0v) is 10.4. The van der Waals surface area contributed by atoms with Gasteiger partial charge in [-0.3, -0.25) is 4.90 Å². The molecule has 0 N–H and O–H groups in total. The van der Waals surface area contributed by atoms with Gasteiger partial charge in [0.25, 0.3) is 0 Å². The minimum absolute atomic E-state index is 0.00935. The number of likely N-dealkylation sites (N-methyl/N-ethyl adjacent to an activating group) is 1. The van der Waals surface area contributed by atoms with E-state index in [2.05, 4.69) is 24.0 Å². The first-order valence-electron chi connectivity index (χ1n) is 5.88. The fraction of sp³-hybridized carbons (Fsp3) is 0.571. The van der Waals surface area contributed by atoms with Gasteiger partial charge in [-0.25, -0.2) is 4.39 Å². The maximum atomic E-state index is 14.2. The number of hydrogen-bond donors (Lipinski definition) is 0. The smallest absolute Gasteiger partial charge is 0.121 e. The minimum atomic E-state index is -1.15. The molecule has 3 atom stereocenters. The Morgan fingerprint density at radius 1 is 1.19 bits per heavy atom. The summed E-state index contributed by atoms with van der Waals surface area (Å²) in [6, 6.07) is 10.7. The van der Waals surface area contributed by atoms with Crippen LogP contribution in [-0.2, 0) is 0 Å². The van der Waals surface area contributed by atoms with Crippen molar-refractivity contribution in [1.29, 1.82) is 0 Å². The Labute approximate surface area is 97.3 Å². The summed E-state index contributed by atoms with van der Waals surface area (Å²) < 4.78 is 14.2. The lowest BCUT2D eigenvalue weighted by Crippen LogP contribution is -2.65. The molecule has 1 saturated heterocycles. The van der Waals surface area contributed by atoms with Crippen LogP contribution in [0.25, 0.3) is 0 Å². The highest BCUT2D eigenvalue weighted by Crippen LogP contribution is 2.45. The fourth-order valence-electron chi connectivity index (χ4n) is 2.97. The molecule has 1 aliphatic heterocycles. The van der Waals surface area contributed by atoms with Gasteiger partial charge in [0, 0.05) is 12.0 Å². The van der Waals surface area contributed by atoms with E-state index >= 15 is 0 Å². The van der Waals surface area contributed by atoms with E-state index in [9.17, 15) is 4.39 Å². The zero-order valence-electron chi connectivity index (χ0n) is 10.4. The molecular formula is C14H20FN. The highest BCUT2D eigenvalue weighted by molar-refractivity contribution is 5.28. The van der Waals surface area contributed by atoms with Gasteiger partial charge in [-0.1, -0.05) is 30.3 Å². The van der Waals surface area contributed by atoms with Gasteiger partial charge in [-0.15, -0.1) is 0 Å². The van der Waals surface area contributed by atoms with Crippen molar-refractivity contribution < 1.29 is 4.39 Å². The normalized spacial score (nSPS) is 31.2. The van der Waals surface area contributed by atoms with Gasteiger partial charge < -0.3 is 0 Å². The molecular weight excluding hydrogens is 201 g/mol. The Morgan fingerprint density at radius 3 is 2.25 bits per heavy atom. The Hall–Kier alpha value is -0.890. The molecule has 0 radical (unpaired) electrons. The molecule has 0 unspecified atom stereocenters. The van der Waals surface area contributed by atoms with E-state index in [-0.39, 0.29) is 6.04 Å². The second kappa shape index (κ2) is 3.85. The van der Waals surface area contributed by atoms with Crippen LogP contribution in [0.2, 0.25) is 0 Å². The van der Waals surface area contributed by atoms with Crippen molar-refractivity contribution in [3.05, 3.63) is 35.9 Å².